The Morgan fingerprint density at radius 1 is 1.00 bits per heavy atom. The van der Waals surface area contributed by atoms with Crippen LogP contribution < -0.4 is 5.32 Å². The van der Waals surface area contributed by atoms with E-state index in [4.69, 9.17) is 0 Å². The molecule has 3 rings (SSSR count). The lowest BCUT2D eigenvalue weighted by Crippen LogP contribution is -2.28. The minimum atomic E-state index is 0.693. The first kappa shape index (κ1) is 13.5. The molecule has 2 unspecified atom stereocenters. The second-order valence-electron chi connectivity index (χ2n) is 6.52. The highest BCUT2D eigenvalue weighted by Crippen LogP contribution is 2.44. The summed E-state index contributed by atoms with van der Waals surface area (Å²) < 4.78 is 1.19. The summed E-state index contributed by atoms with van der Waals surface area (Å²) in [7, 11) is 0. The Balaban J connectivity index is 1.70. The maximum absolute atomic E-state index is 3.84. The molecular weight excluding hydrogens is 298 g/mol. The van der Waals surface area contributed by atoms with Crippen LogP contribution in [0.2, 0.25) is 0 Å². The molecule has 1 aromatic rings. The highest BCUT2D eigenvalue weighted by atomic mass is 79.9. The number of halogens is 1. The van der Waals surface area contributed by atoms with Gasteiger partial charge < -0.3 is 5.32 Å². The Morgan fingerprint density at radius 2 is 1.68 bits per heavy atom. The summed E-state index contributed by atoms with van der Waals surface area (Å²) in [4.78, 5) is 0. The molecule has 0 heterocycles. The van der Waals surface area contributed by atoms with Crippen molar-refractivity contribution in [1.29, 1.82) is 0 Å². The third kappa shape index (κ3) is 3.16. The molecule has 0 radical (unpaired) electrons. The van der Waals surface area contributed by atoms with Crippen LogP contribution in [0.1, 0.15) is 49.7 Å². The fraction of sp³-hybridized carbons (Fsp3) is 0.647. The second kappa shape index (κ2) is 5.47. The van der Waals surface area contributed by atoms with E-state index in [2.05, 4.69) is 47.2 Å². The van der Waals surface area contributed by atoms with E-state index in [-0.39, 0.29) is 0 Å². The van der Waals surface area contributed by atoms with Gasteiger partial charge in [0.2, 0.25) is 0 Å². The number of rotatable bonds is 3. The minimum absolute atomic E-state index is 0.693. The van der Waals surface area contributed by atoms with E-state index in [1.165, 1.54) is 59.8 Å². The molecule has 2 fully saturated rings. The molecule has 0 amide bonds. The van der Waals surface area contributed by atoms with Gasteiger partial charge in [-0.1, -0.05) is 28.8 Å². The van der Waals surface area contributed by atoms with Crippen LogP contribution in [0.25, 0.3) is 0 Å². The normalized spacial score (nSPS) is 27.3. The van der Waals surface area contributed by atoms with Gasteiger partial charge in [0.15, 0.2) is 0 Å². The van der Waals surface area contributed by atoms with Gasteiger partial charge in [-0.3, -0.25) is 0 Å². The molecule has 0 bridgehead atoms. The van der Waals surface area contributed by atoms with Crippen LogP contribution in [0.3, 0.4) is 0 Å². The fourth-order valence-corrected chi connectivity index (χ4v) is 4.38. The predicted octanol–water partition coefficient (Wildman–Crippen LogP) is 5.45. The zero-order chi connectivity index (χ0) is 13.4. The molecule has 1 aromatic carbocycles. The summed E-state index contributed by atoms with van der Waals surface area (Å²) in [6.07, 6.45) is 8.60. The lowest BCUT2D eigenvalue weighted by molar-refractivity contribution is 0.303. The highest BCUT2D eigenvalue weighted by Gasteiger charge is 2.34. The zero-order valence-corrected chi connectivity index (χ0v) is 13.6. The number of hydrogen-bond acceptors (Lipinski definition) is 1. The Kier molecular flexibility index (Phi) is 3.88. The number of benzene rings is 1. The van der Waals surface area contributed by atoms with E-state index < -0.39 is 0 Å². The first-order valence-corrected chi connectivity index (χ1v) is 8.46. The Morgan fingerprint density at radius 3 is 2.32 bits per heavy atom. The van der Waals surface area contributed by atoms with Crippen molar-refractivity contribution < 1.29 is 0 Å². The smallest absolute Gasteiger partial charge is 0.0402 e. The van der Waals surface area contributed by atoms with Crippen LogP contribution in [-0.2, 0) is 0 Å². The topological polar surface area (TPSA) is 12.0 Å². The van der Waals surface area contributed by atoms with E-state index in [0.717, 1.165) is 11.8 Å². The lowest BCUT2D eigenvalue weighted by atomic mass is 9.82. The summed E-state index contributed by atoms with van der Waals surface area (Å²) in [5.41, 5.74) is 4.09. The number of nitrogens with one attached hydrogen (secondary N) is 1. The van der Waals surface area contributed by atoms with Gasteiger partial charge in [-0.25, -0.2) is 0 Å². The van der Waals surface area contributed by atoms with E-state index >= 15 is 0 Å². The molecule has 2 aliphatic carbocycles. The molecule has 0 aromatic heterocycles. The summed E-state index contributed by atoms with van der Waals surface area (Å²) in [5.74, 6) is 2.07. The number of aryl methyl sites for hydroxylation is 2. The molecule has 1 nitrogen and oxygen atoms in total. The largest absolute Gasteiger partial charge is 0.382 e. The van der Waals surface area contributed by atoms with Crippen molar-refractivity contribution in [2.24, 2.45) is 11.8 Å². The maximum atomic E-state index is 3.84. The van der Waals surface area contributed by atoms with Gasteiger partial charge in [-0.2, -0.15) is 0 Å². The first-order chi connectivity index (χ1) is 9.13. The molecule has 0 saturated heterocycles. The monoisotopic (exact) mass is 321 g/mol. The molecule has 104 valence electrons. The van der Waals surface area contributed by atoms with E-state index in [9.17, 15) is 0 Å². The maximum Gasteiger partial charge on any atom is 0.0402 e. The van der Waals surface area contributed by atoms with E-state index in [1.54, 1.807) is 0 Å². The fourth-order valence-electron chi connectivity index (χ4n) is 3.70. The van der Waals surface area contributed by atoms with Gasteiger partial charge in [0.25, 0.3) is 0 Å². The van der Waals surface area contributed by atoms with Gasteiger partial charge in [0, 0.05) is 16.2 Å². The van der Waals surface area contributed by atoms with Crippen molar-refractivity contribution in [3.8, 4) is 0 Å². The quantitative estimate of drug-likeness (QED) is 0.780. The molecular formula is C17H24BrN. The van der Waals surface area contributed by atoms with Crippen molar-refractivity contribution in [3.63, 3.8) is 0 Å². The average molecular weight is 322 g/mol. The van der Waals surface area contributed by atoms with Crippen molar-refractivity contribution >= 4 is 21.6 Å². The Bertz CT molecular complexity index is 441. The zero-order valence-electron chi connectivity index (χ0n) is 12.0. The third-order valence-electron chi connectivity index (χ3n) is 4.85. The molecule has 2 saturated carbocycles. The van der Waals surface area contributed by atoms with Crippen molar-refractivity contribution in [3.05, 3.63) is 27.7 Å². The summed E-state index contributed by atoms with van der Waals surface area (Å²) in [6, 6.07) is 5.13. The van der Waals surface area contributed by atoms with Gasteiger partial charge in [0.1, 0.15) is 0 Å². The van der Waals surface area contributed by atoms with Crippen molar-refractivity contribution in [2.45, 2.75) is 58.4 Å². The van der Waals surface area contributed by atoms with Crippen LogP contribution in [0.15, 0.2) is 16.6 Å². The Labute approximate surface area is 125 Å². The molecule has 0 aliphatic heterocycles. The van der Waals surface area contributed by atoms with Crippen LogP contribution in [-0.4, -0.2) is 6.04 Å². The average Bonchev–Trinajstić information content (AvgIpc) is 3.18. The van der Waals surface area contributed by atoms with Gasteiger partial charge in [-0.15, -0.1) is 0 Å². The van der Waals surface area contributed by atoms with Crippen LogP contribution in [0.5, 0.6) is 0 Å². The minimum Gasteiger partial charge on any atom is -0.382 e. The molecule has 2 aliphatic rings. The van der Waals surface area contributed by atoms with Gasteiger partial charge in [-0.05, 0) is 74.6 Å². The van der Waals surface area contributed by atoms with Crippen LogP contribution in [0.4, 0.5) is 5.69 Å². The van der Waals surface area contributed by atoms with Gasteiger partial charge in [0.05, 0.1) is 0 Å². The molecule has 0 spiro atoms. The van der Waals surface area contributed by atoms with Crippen LogP contribution in [0, 0.1) is 25.7 Å². The predicted molar refractivity (Wildman–Crippen MR) is 85.7 cm³/mol. The first-order valence-electron chi connectivity index (χ1n) is 7.67. The SMILES string of the molecule is Cc1cc(Br)cc(C)c1NC1CCCC(C2CC2)C1. The molecule has 1 N–H and O–H groups in total. The standard InChI is InChI=1S/C17H24BrN/c1-11-8-15(18)9-12(2)17(11)19-16-5-3-4-14(10-16)13-6-7-13/h8-9,13-14,16,19H,3-7,10H2,1-2H3. The van der Waals surface area contributed by atoms with Crippen molar-refractivity contribution in [1.82, 2.24) is 0 Å². The van der Waals surface area contributed by atoms with E-state index in [1.807, 2.05) is 0 Å². The van der Waals surface area contributed by atoms with E-state index in [0.29, 0.717) is 6.04 Å². The summed E-state index contributed by atoms with van der Waals surface area (Å²) in [6.45, 7) is 4.42. The summed E-state index contributed by atoms with van der Waals surface area (Å²) in [5, 5.41) is 3.84. The number of anilines is 1. The van der Waals surface area contributed by atoms with Gasteiger partial charge >= 0.3 is 0 Å². The molecule has 19 heavy (non-hydrogen) atoms. The lowest BCUT2D eigenvalue weighted by Gasteiger charge is -2.31. The highest BCUT2D eigenvalue weighted by molar-refractivity contribution is 9.10. The van der Waals surface area contributed by atoms with Crippen molar-refractivity contribution in [2.75, 3.05) is 5.32 Å². The second-order valence-corrected chi connectivity index (χ2v) is 7.44. The number of hydrogen-bond donors (Lipinski definition) is 1. The molecule has 2 heteroatoms. The third-order valence-corrected chi connectivity index (χ3v) is 5.31. The molecule has 2 atom stereocenters. The Hall–Kier alpha value is -0.500. The summed E-state index contributed by atoms with van der Waals surface area (Å²) >= 11 is 3.58. The van der Waals surface area contributed by atoms with Crippen LogP contribution >= 0.6 is 15.9 Å².